The topological polar surface area (TPSA) is 88.6 Å². The molecule has 0 fully saturated rings. The van der Waals surface area contributed by atoms with Crippen LogP contribution in [-0.4, -0.2) is 34.4 Å². The van der Waals surface area contributed by atoms with Gasteiger partial charge in [-0.3, -0.25) is 4.79 Å². The summed E-state index contributed by atoms with van der Waals surface area (Å²) in [6, 6.07) is 26.0. The fourth-order valence-electron chi connectivity index (χ4n) is 3.98. The summed E-state index contributed by atoms with van der Waals surface area (Å²) < 4.78 is 13.0. The van der Waals surface area contributed by atoms with Crippen LogP contribution >= 0.6 is 34.4 Å². The van der Waals surface area contributed by atoms with Gasteiger partial charge >= 0.3 is 0 Å². The zero-order valence-electron chi connectivity index (χ0n) is 20.6. The van der Waals surface area contributed by atoms with Crippen LogP contribution < -0.4 is 14.9 Å². The van der Waals surface area contributed by atoms with Crippen LogP contribution in [0.15, 0.2) is 89.1 Å². The SMILES string of the molecule is CCOc1cc(/C=N\NC(=O)CSc2nc3ccccc3[nH]2)cc(I)c1OCc1cccc2ccccc12. The van der Waals surface area contributed by atoms with Crippen molar-refractivity contribution in [3.63, 3.8) is 0 Å². The first-order chi connectivity index (χ1) is 18.6. The molecule has 5 aromatic rings. The molecule has 5 rings (SSSR count). The van der Waals surface area contributed by atoms with Gasteiger partial charge in [0, 0.05) is 0 Å². The van der Waals surface area contributed by atoms with Crippen molar-refractivity contribution < 1.29 is 14.3 Å². The molecule has 1 amide bonds. The number of H-pyrrole nitrogens is 1. The lowest BCUT2D eigenvalue weighted by Gasteiger charge is -2.15. The highest BCUT2D eigenvalue weighted by atomic mass is 127. The highest BCUT2D eigenvalue weighted by Crippen LogP contribution is 2.35. The summed E-state index contributed by atoms with van der Waals surface area (Å²) in [6.45, 7) is 2.85. The Labute approximate surface area is 238 Å². The zero-order chi connectivity index (χ0) is 26.3. The lowest BCUT2D eigenvalue weighted by atomic mass is 10.1. The number of nitrogens with one attached hydrogen (secondary N) is 2. The van der Waals surface area contributed by atoms with Crippen molar-refractivity contribution in [2.45, 2.75) is 18.7 Å². The number of hydrazone groups is 1. The summed E-state index contributed by atoms with van der Waals surface area (Å²) in [7, 11) is 0. The predicted octanol–water partition coefficient (Wildman–Crippen LogP) is 6.54. The Bertz CT molecular complexity index is 1580. The van der Waals surface area contributed by atoms with Crippen molar-refractivity contribution >= 4 is 68.3 Å². The van der Waals surface area contributed by atoms with E-state index in [-0.39, 0.29) is 11.7 Å². The van der Waals surface area contributed by atoms with E-state index in [2.05, 4.69) is 67.4 Å². The monoisotopic (exact) mass is 636 g/mol. The number of thioether (sulfide) groups is 1. The number of imidazole rings is 1. The maximum absolute atomic E-state index is 12.3. The molecular weight excluding hydrogens is 611 g/mol. The summed E-state index contributed by atoms with van der Waals surface area (Å²) in [5.41, 5.74) is 6.29. The van der Waals surface area contributed by atoms with E-state index in [1.165, 1.54) is 22.5 Å². The molecule has 0 saturated carbocycles. The number of nitrogens with zero attached hydrogens (tertiary/aromatic N) is 2. The molecule has 38 heavy (non-hydrogen) atoms. The molecule has 0 atom stereocenters. The van der Waals surface area contributed by atoms with E-state index >= 15 is 0 Å². The molecule has 0 spiro atoms. The van der Waals surface area contributed by atoms with E-state index in [1.54, 1.807) is 6.21 Å². The summed E-state index contributed by atoms with van der Waals surface area (Å²) in [5, 5.41) is 7.17. The fourth-order valence-corrected chi connectivity index (χ4v) is 5.43. The number of rotatable bonds is 10. The van der Waals surface area contributed by atoms with Gasteiger partial charge < -0.3 is 14.5 Å². The van der Waals surface area contributed by atoms with Crippen LogP contribution in [0.25, 0.3) is 21.8 Å². The van der Waals surface area contributed by atoms with Crippen LogP contribution in [0.4, 0.5) is 0 Å². The van der Waals surface area contributed by atoms with Crippen molar-refractivity contribution in [2.24, 2.45) is 5.10 Å². The molecule has 0 radical (unpaired) electrons. The fraction of sp³-hybridized carbons (Fsp3) is 0.138. The third kappa shape index (κ3) is 6.28. The number of hydrogen-bond acceptors (Lipinski definition) is 6. The number of fused-ring (bicyclic) bond motifs is 2. The summed E-state index contributed by atoms with van der Waals surface area (Å²) in [4.78, 5) is 20.0. The molecule has 7 nitrogen and oxygen atoms in total. The molecule has 0 saturated heterocycles. The first-order valence-corrected chi connectivity index (χ1v) is 14.1. The van der Waals surface area contributed by atoms with Gasteiger partial charge in [0.25, 0.3) is 5.91 Å². The van der Waals surface area contributed by atoms with Crippen molar-refractivity contribution in [1.82, 2.24) is 15.4 Å². The minimum Gasteiger partial charge on any atom is -0.490 e. The first-order valence-electron chi connectivity index (χ1n) is 12.1. The van der Waals surface area contributed by atoms with Gasteiger partial charge in [0.2, 0.25) is 0 Å². The number of halogens is 1. The maximum atomic E-state index is 12.3. The number of carbonyl (C=O) groups excluding carboxylic acids is 1. The van der Waals surface area contributed by atoms with Gasteiger partial charge in [0.1, 0.15) is 6.61 Å². The van der Waals surface area contributed by atoms with Gasteiger partial charge in [-0.1, -0.05) is 66.4 Å². The number of ether oxygens (including phenoxy) is 2. The number of para-hydroxylation sites is 2. The molecule has 0 bridgehead atoms. The number of aromatic nitrogens is 2. The van der Waals surface area contributed by atoms with E-state index in [9.17, 15) is 4.79 Å². The molecule has 1 aromatic heterocycles. The molecular formula is C29H25IN4O3S. The molecule has 0 aliphatic rings. The molecule has 192 valence electrons. The Morgan fingerprint density at radius 3 is 2.76 bits per heavy atom. The van der Waals surface area contributed by atoms with Crippen molar-refractivity contribution in [1.29, 1.82) is 0 Å². The minimum atomic E-state index is -0.221. The third-order valence-electron chi connectivity index (χ3n) is 5.69. The smallest absolute Gasteiger partial charge is 0.250 e. The molecule has 0 aliphatic carbocycles. The van der Waals surface area contributed by atoms with Gasteiger partial charge in [-0.2, -0.15) is 5.10 Å². The average Bonchev–Trinajstić information content (AvgIpc) is 3.35. The highest BCUT2D eigenvalue weighted by Gasteiger charge is 2.13. The minimum absolute atomic E-state index is 0.194. The molecule has 0 aliphatic heterocycles. The van der Waals surface area contributed by atoms with Crippen LogP contribution in [0.2, 0.25) is 0 Å². The number of benzene rings is 4. The van der Waals surface area contributed by atoms with Crippen molar-refractivity contribution in [2.75, 3.05) is 12.4 Å². The van der Waals surface area contributed by atoms with E-state index < -0.39 is 0 Å². The third-order valence-corrected chi connectivity index (χ3v) is 7.37. The second kappa shape index (κ2) is 12.3. The molecule has 2 N–H and O–H groups in total. The Morgan fingerprint density at radius 1 is 1.08 bits per heavy atom. The highest BCUT2D eigenvalue weighted by molar-refractivity contribution is 14.1. The number of carbonyl (C=O) groups is 1. The lowest BCUT2D eigenvalue weighted by molar-refractivity contribution is -0.118. The van der Waals surface area contributed by atoms with E-state index in [1.807, 2.05) is 61.5 Å². The summed E-state index contributed by atoms with van der Waals surface area (Å²) in [6.07, 6.45) is 1.60. The summed E-state index contributed by atoms with van der Waals surface area (Å²) >= 11 is 3.56. The van der Waals surface area contributed by atoms with Gasteiger partial charge in [-0.25, -0.2) is 10.4 Å². The second-order valence-electron chi connectivity index (χ2n) is 8.33. The largest absolute Gasteiger partial charge is 0.490 e. The quantitative estimate of drug-likeness (QED) is 0.0787. The molecule has 4 aromatic carbocycles. The maximum Gasteiger partial charge on any atom is 0.250 e. The average molecular weight is 637 g/mol. The summed E-state index contributed by atoms with van der Waals surface area (Å²) in [5.74, 6) is 1.29. The first kappa shape index (κ1) is 26.1. The van der Waals surface area contributed by atoms with Crippen LogP contribution in [-0.2, 0) is 11.4 Å². The van der Waals surface area contributed by atoms with E-state index in [0.29, 0.717) is 29.9 Å². The number of hydrogen-bond donors (Lipinski definition) is 2. The Morgan fingerprint density at radius 2 is 1.89 bits per heavy atom. The normalized spacial score (nSPS) is 11.3. The van der Waals surface area contributed by atoms with Crippen LogP contribution in [0.1, 0.15) is 18.1 Å². The van der Waals surface area contributed by atoms with E-state index in [4.69, 9.17) is 9.47 Å². The predicted molar refractivity (Wildman–Crippen MR) is 161 cm³/mol. The van der Waals surface area contributed by atoms with Gasteiger partial charge in [0.15, 0.2) is 16.7 Å². The Hall–Kier alpha value is -3.57. The van der Waals surface area contributed by atoms with Gasteiger partial charge in [-0.05, 0) is 75.7 Å². The van der Waals surface area contributed by atoms with Crippen LogP contribution in [0.5, 0.6) is 11.5 Å². The zero-order valence-corrected chi connectivity index (χ0v) is 23.6. The molecule has 1 heterocycles. The van der Waals surface area contributed by atoms with Gasteiger partial charge in [-0.15, -0.1) is 0 Å². The second-order valence-corrected chi connectivity index (χ2v) is 10.5. The van der Waals surface area contributed by atoms with Crippen molar-refractivity contribution in [3.8, 4) is 11.5 Å². The Balaban J connectivity index is 1.22. The van der Waals surface area contributed by atoms with Crippen molar-refractivity contribution in [3.05, 3.63) is 93.6 Å². The van der Waals surface area contributed by atoms with Crippen LogP contribution in [0.3, 0.4) is 0 Å². The lowest BCUT2D eigenvalue weighted by Crippen LogP contribution is -2.19. The standard InChI is InChI=1S/C29H25IN4O3S/c1-2-36-26-15-19(16-31-34-27(35)18-38-29-32-24-12-5-6-13-25(24)33-29)14-23(30)28(26)37-17-21-10-7-9-20-8-3-4-11-22(20)21/h3-16H,2,17-18H2,1H3,(H,32,33)(H,34,35)/b31-16-. The Kier molecular flexibility index (Phi) is 8.44. The van der Waals surface area contributed by atoms with Gasteiger partial charge in [0.05, 0.1) is 33.2 Å². The van der Waals surface area contributed by atoms with Crippen LogP contribution in [0, 0.1) is 3.57 Å². The number of amides is 1. The van der Waals surface area contributed by atoms with E-state index in [0.717, 1.165) is 25.7 Å². The molecule has 9 heteroatoms. The molecule has 0 unspecified atom stereocenters. The number of aromatic amines is 1.